The van der Waals surface area contributed by atoms with E-state index in [0.717, 1.165) is 29.9 Å². The molecular formula is C23H25N5O2. The fourth-order valence-electron chi connectivity index (χ4n) is 4.23. The molecule has 2 unspecified atom stereocenters. The second-order valence-corrected chi connectivity index (χ2v) is 8.36. The maximum Gasteiger partial charge on any atom is 0.344 e. The van der Waals surface area contributed by atoms with Crippen molar-refractivity contribution in [3.8, 4) is 11.5 Å². The fraction of sp³-hybridized carbons (Fsp3) is 0.348. The maximum atomic E-state index is 12.8. The van der Waals surface area contributed by atoms with Crippen molar-refractivity contribution in [2.45, 2.75) is 32.9 Å². The van der Waals surface area contributed by atoms with Crippen LogP contribution in [-0.4, -0.2) is 51.5 Å². The lowest BCUT2D eigenvalue weighted by Crippen LogP contribution is -2.55. The molecule has 5 rings (SSSR count). The van der Waals surface area contributed by atoms with E-state index in [1.165, 1.54) is 0 Å². The summed E-state index contributed by atoms with van der Waals surface area (Å²) in [6.45, 7) is 8.26. The third kappa shape index (κ3) is 3.15. The number of hydrogen-bond acceptors (Lipinski definition) is 6. The van der Waals surface area contributed by atoms with E-state index in [2.05, 4.69) is 46.7 Å². The Bertz CT molecular complexity index is 1300. The van der Waals surface area contributed by atoms with Gasteiger partial charge in [0.15, 0.2) is 11.4 Å². The van der Waals surface area contributed by atoms with Crippen molar-refractivity contribution in [3.05, 3.63) is 59.0 Å². The van der Waals surface area contributed by atoms with E-state index in [-0.39, 0.29) is 5.63 Å². The molecule has 7 heteroatoms. The molecule has 0 spiro atoms. The lowest BCUT2D eigenvalue weighted by Gasteiger charge is -2.43. The summed E-state index contributed by atoms with van der Waals surface area (Å²) in [5, 5.41) is 1.45. The van der Waals surface area contributed by atoms with Gasteiger partial charge in [0.1, 0.15) is 5.69 Å². The summed E-state index contributed by atoms with van der Waals surface area (Å²) >= 11 is 0. The zero-order valence-electron chi connectivity index (χ0n) is 17.7. The minimum atomic E-state index is -0.342. The second-order valence-electron chi connectivity index (χ2n) is 8.36. The Balaban J connectivity index is 1.53. The molecule has 0 amide bonds. The first-order chi connectivity index (χ1) is 14.4. The maximum absolute atomic E-state index is 12.8. The van der Waals surface area contributed by atoms with E-state index in [1.807, 2.05) is 41.9 Å². The topological polar surface area (TPSA) is 66.9 Å². The van der Waals surface area contributed by atoms with E-state index in [9.17, 15) is 4.79 Å². The summed E-state index contributed by atoms with van der Waals surface area (Å²) in [6, 6.07) is 8.84. The molecule has 1 saturated heterocycles. The molecular weight excluding hydrogens is 378 g/mol. The van der Waals surface area contributed by atoms with Gasteiger partial charge in [-0.2, -0.15) is 0 Å². The molecule has 0 bridgehead atoms. The number of hydrogen-bond donors (Lipinski definition) is 0. The molecule has 0 aliphatic carbocycles. The van der Waals surface area contributed by atoms with E-state index < -0.39 is 0 Å². The first-order valence-electron chi connectivity index (χ1n) is 10.3. The predicted molar refractivity (Wildman–Crippen MR) is 118 cm³/mol. The van der Waals surface area contributed by atoms with Gasteiger partial charge in [-0.1, -0.05) is 6.07 Å². The standard InChI is InChI=1S/C23H25N5O2/c1-14-10-28-13-20(25-22(28)9-24-14)21-7-17-5-6-18(8-19(17)23(29)30-21)27-11-15(2)26(4)16(3)12-27/h5-10,13,15-16H,11-12H2,1-4H3. The summed E-state index contributed by atoms with van der Waals surface area (Å²) in [7, 11) is 2.17. The molecule has 4 heterocycles. The van der Waals surface area contributed by atoms with Crippen LogP contribution in [0.25, 0.3) is 27.9 Å². The van der Waals surface area contributed by atoms with Crippen LogP contribution in [-0.2, 0) is 0 Å². The SMILES string of the molecule is Cc1cn2cc(-c3cc4ccc(N5CC(C)N(C)C(C)C5)cc4c(=O)o3)nc2cn1. The molecule has 2 atom stereocenters. The third-order valence-electron chi connectivity index (χ3n) is 6.19. The normalized spacial score (nSPS) is 20.3. The highest BCUT2D eigenvalue weighted by Crippen LogP contribution is 2.27. The molecule has 1 aliphatic rings. The Morgan fingerprint density at radius 3 is 2.63 bits per heavy atom. The van der Waals surface area contributed by atoms with Crippen LogP contribution < -0.4 is 10.5 Å². The van der Waals surface area contributed by atoms with Crippen molar-refractivity contribution >= 4 is 22.1 Å². The van der Waals surface area contributed by atoms with Crippen LogP contribution in [0, 0.1) is 6.92 Å². The average molecular weight is 403 g/mol. The lowest BCUT2D eigenvalue weighted by atomic mass is 10.1. The number of aryl methyl sites for hydroxylation is 1. The van der Waals surface area contributed by atoms with Gasteiger partial charge in [-0.15, -0.1) is 0 Å². The largest absolute Gasteiger partial charge is 0.421 e. The van der Waals surface area contributed by atoms with Gasteiger partial charge in [-0.05, 0) is 51.4 Å². The Kier molecular flexibility index (Phi) is 4.36. The second kappa shape index (κ2) is 6.95. The van der Waals surface area contributed by atoms with Crippen molar-refractivity contribution in [2.75, 3.05) is 25.0 Å². The Morgan fingerprint density at radius 2 is 1.87 bits per heavy atom. The van der Waals surface area contributed by atoms with Gasteiger partial charge in [0, 0.05) is 43.3 Å². The van der Waals surface area contributed by atoms with E-state index in [1.54, 1.807) is 6.20 Å². The molecule has 30 heavy (non-hydrogen) atoms. The summed E-state index contributed by atoms with van der Waals surface area (Å²) in [4.78, 5) is 26.4. The molecule has 0 radical (unpaired) electrons. The number of benzene rings is 1. The van der Waals surface area contributed by atoms with Crippen molar-refractivity contribution in [3.63, 3.8) is 0 Å². The summed E-state index contributed by atoms with van der Waals surface area (Å²) in [6.07, 6.45) is 5.47. The van der Waals surface area contributed by atoms with Gasteiger partial charge in [-0.25, -0.2) is 9.78 Å². The quantitative estimate of drug-likeness (QED) is 0.511. The molecule has 0 N–H and O–H groups in total. The van der Waals surface area contributed by atoms with Gasteiger partial charge in [0.2, 0.25) is 0 Å². The Morgan fingerprint density at radius 1 is 1.10 bits per heavy atom. The highest BCUT2D eigenvalue weighted by atomic mass is 16.4. The predicted octanol–water partition coefficient (Wildman–Crippen LogP) is 3.34. The zero-order chi connectivity index (χ0) is 21.0. The minimum Gasteiger partial charge on any atom is -0.421 e. The summed E-state index contributed by atoms with van der Waals surface area (Å²) in [5.41, 5.74) is 2.94. The molecule has 4 aromatic rings. The lowest BCUT2D eigenvalue weighted by molar-refractivity contribution is 0.170. The number of likely N-dealkylation sites (N-methyl/N-ethyl adjacent to an activating group) is 1. The van der Waals surface area contributed by atoms with Gasteiger partial charge in [0.05, 0.1) is 17.3 Å². The third-order valence-corrected chi connectivity index (χ3v) is 6.19. The first-order valence-corrected chi connectivity index (χ1v) is 10.3. The van der Waals surface area contributed by atoms with Crippen molar-refractivity contribution in [1.29, 1.82) is 0 Å². The first kappa shape index (κ1) is 18.8. The summed E-state index contributed by atoms with van der Waals surface area (Å²) < 4.78 is 7.55. The number of fused-ring (bicyclic) bond motifs is 2. The van der Waals surface area contributed by atoms with Gasteiger partial charge in [-0.3, -0.25) is 9.88 Å². The monoisotopic (exact) mass is 403 g/mol. The van der Waals surface area contributed by atoms with Crippen molar-refractivity contribution in [1.82, 2.24) is 19.3 Å². The number of anilines is 1. The zero-order valence-corrected chi connectivity index (χ0v) is 17.7. The number of aromatic nitrogens is 3. The molecule has 0 saturated carbocycles. The van der Waals surface area contributed by atoms with Crippen LogP contribution in [0.5, 0.6) is 0 Å². The van der Waals surface area contributed by atoms with Crippen LogP contribution >= 0.6 is 0 Å². The van der Waals surface area contributed by atoms with Crippen LogP contribution in [0.15, 0.2) is 52.1 Å². The number of piperazine rings is 1. The van der Waals surface area contributed by atoms with Crippen molar-refractivity contribution in [2.24, 2.45) is 0 Å². The number of imidazole rings is 1. The molecule has 1 aromatic carbocycles. The van der Waals surface area contributed by atoms with Gasteiger partial charge in [0.25, 0.3) is 0 Å². The highest BCUT2D eigenvalue weighted by Gasteiger charge is 2.26. The molecule has 1 aliphatic heterocycles. The number of nitrogens with zero attached hydrogens (tertiary/aromatic N) is 5. The molecule has 154 valence electrons. The van der Waals surface area contributed by atoms with Gasteiger partial charge >= 0.3 is 5.63 Å². The molecule has 1 fully saturated rings. The smallest absolute Gasteiger partial charge is 0.344 e. The van der Waals surface area contributed by atoms with Crippen LogP contribution in [0.1, 0.15) is 19.5 Å². The van der Waals surface area contributed by atoms with Crippen LogP contribution in [0.4, 0.5) is 5.69 Å². The molecule has 3 aromatic heterocycles. The van der Waals surface area contributed by atoms with E-state index in [0.29, 0.717) is 34.6 Å². The van der Waals surface area contributed by atoms with Crippen LogP contribution in [0.2, 0.25) is 0 Å². The van der Waals surface area contributed by atoms with Gasteiger partial charge < -0.3 is 13.7 Å². The minimum absolute atomic E-state index is 0.342. The Hall–Kier alpha value is -3.19. The molecule has 7 nitrogen and oxygen atoms in total. The highest BCUT2D eigenvalue weighted by molar-refractivity contribution is 5.87. The number of rotatable bonds is 2. The van der Waals surface area contributed by atoms with Crippen LogP contribution in [0.3, 0.4) is 0 Å². The van der Waals surface area contributed by atoms with Crippen molar-refractivity contribution < 1.29 is 4.42 Å². The fourth-order valence-corrected chi connectivity index (χ4v) is 4.23. The van der Waals surface area contributed by atoms with E-state index in [4.69, 9.17) is 4.42 Å². The average Bonchev–Trinajstić information content (AvgIpc) is 3.14. The summed E-state index contributed by atoms with van der Waals surface area (Å²) in [5.74, 6) is 0.462. The Labute approximate surface area is 174 Å². The van der Waals surface area contributed by atoms with E-state index >= 15 is 0 Å².